The standard InChI is InChI=1S/C19H20FN3OS/c1-13-8-9-15(12-14(13)2)24-10-5-11-25-19-21-18(22-23-19)16-6-3-4-7-17(16)20/h3-4,6-9,12H,5,10-11H2,1-2H3,(H,21,22,23). The van der Waals surface area contributed by atoms with Gasteiger partial charge in [-0.1, -0.05) is 30.0 Å². The normalized spacial score (nSPS) is 10.8. The summed E-state index contributed by atoms with van der Waals surface area (Å²) in [5.41, 5.74) is 2.92. The summed E-state index contributed by atoms with van der Waals surface area (Å²) in [4.78, 5) is 4.33. The van der Waals surface area contributed by atoms with E-state index in [2.05, 4.69) is 41.2 Å². The Hall–Kier alpha value is -2.34. The van der Waals surface area contributed by atoms with Crippen LogP contribution in [0.3, 0.4) is 0 Å². The molecule has 2 aromatic carbocycles. The molecule has 0 aliphatic heterocycles. The molecule has 0 aliphatic rings. The number of hydrogen-bond acceptors (Lipinski definition) is 4. The molecule has 4 nitrogen and oxygen atoms in total. The first-order valence-electron chi connectivity index (χ1n) is 8.13. The maximum atomic E-state index is 13.7. The van der Waals surface area contributed by atoms with E-state index in [9.17, 15) is 4.39 Å². The second-order valence-electron chi connectivity index (χ2n) is 5.74. The molecular formula is C19H20FN3OS. The van der Waals surface area contributed by atoms with Gasteiger partial charge in [-0.25, -0.2) is 9.37 Å². The van der Waals surface area contributed by atoms with Gasteiger partial charge in [0, 0.05) is 5.75 Å². The molecule has 0 aliphatic carbocycles. The van der Waals surface area contributed by atoms with Crippen LogP contribution in [0.25, 0.3) is 11.4 Å². The molecule has 3 rings (SSSR count). The zero-order valence-corrected chi connectivity index (χ0v) is 15.1. The molecule has 3 aromatic rings. The first-order chi connectivity index (χ1) is 12.1. The van der Waals surface area contributed by atoms with Crippen LogP contribution in [0.5, 0.6) is 5.75 Å². The van der Waals surface area contributed by atoms with Crippen LogP contribution < -0.4 is 4.74 Å². The quantitative estimate of drug-likeness (QED) is 0.488. The van der Waals surface area contributed by atoms with Crippen molar-refractivity contribution in [3.05, 3.63) is 59.4 Å². The minimum Gasteiger partial charge on any atom is -0.494 e. The van der Waals surface area contributed by atoms with Crippen LogP contribution >= 0.6 is 11.8 Å². The maximum Gasteiger partial charge on any atom is 0.208 e. The summed E-state index contributed by atoms with van der Waals surface area (Å²) in [6.45, 7) is 4.80. The van der Waals surface area contributed by atoms with Gasteiger partial charge in [-0.15, -0.1) is 5.10 Å². The SMILES string of the molecule is Cc1ccc(OCCCSc2n[nH]c(-c3ccccc3F)n2)cc1C. The number of nitrogens with zero attached hydrogens (tertiary/aromatic N) is 2. The number of hydrogen-bond donors (Lipinski definition) is 1. The van der Waals surface area contributed by atoms with E-state index < -0.39 is 0 Å². The van der Waals surface area contributed by atoms with E-state index in [1.807, 2.05) is 6.07 Å². The summed E-state index contributed by atoms with van der Waals surface area (Å²) < 4.78 is 19.5. The van der Waals surface area contributed by atoms with E-state index in [4.69, 9.17) is 4.74 Å². The van der Waals surface area contributed by atoms with Crippen LogP contribution in [-0.4, -0.2) is 27.5 Å². The van der Waals surface area contributed by atoms with Crippen LogP contribution in [-0.2, 0) is 0 Å². The molecule has 6 heteroatoms. The summed E-state index contributed by atoms with van der Waals surface area (Å²) in [6, 6.07) is 12.6. The summed E-state index contributed by atoms with van der Waals surface area (Å²) in [7, 11) is 0. The van der Waals surface area contributed by atoms with Gasteiger partial charge in [0.1, 0.15) is 11.6 Å². The highest BCUT2D eigenvalue weighted by Gasteiger charge is 2.09. The van der Waals surface area contributed by atoms with Gasteiger partial charge in [0.25, 0.3) is 0 Å². The highest BCUT2D eigenvalue weighted by molar-refractivity contribution is 7.99. The van der Waals surface area contributed by atoms with E-state index in [-0.39, 0.29) is 5.82 Å². The Morgan fingerprint density at radius 1 is 1.12 bits per heavy atom. The predicted octanol–water partition coefficient (Wildman–Crippen LogP) is 4.79. The smallest absolute Gasteiger partial charge is 0.208 e. The minimum atomic E-state index is -0.308. The lowest BCUT2D eigenvalue weighted by molar-refractivity contribution is 0.318. The molecule has 0 spiro atoms. The minimum absolute atomic E-state index is 0.308. The van der Waals surface area contributed by atoms with Crippen molar-refractivity contribution < 1.29 is 9.13 Å². The Morgan fingerprint density at radius 3 is 2.76 bits per heavy atom. The fourth-order valence-electron chi connectivity index (χ4n) is 2.30. The van der Waals surface area contributed by atoms with Crippen molar-refractivity contribution in [2.75, 3.05) is 12.4 Å². The summed E-state index contributed by atoms with van der Waals surface area (Å²) >= 11 is 1.53. The first kappa shape index (κ1) is 17.5. The molecule has 25 heavy (non-hydrogen) atoms. The second kappa shape index (κ2) is 8.16. The number of H-pyrrole nitrogens is 1. The molecule has 0 bridgehead atoms. The van der Waals surface area contributed by atoms with Crippen molar-refractivity contribution in [3.8, 4) is 17.1 Å². The second-order valence-corrected chi connectivity index (χ2v) is 6.81. The van der Waals surface area contributed by atoms with Gasteiger partial charge in [0.2, 0.25) is 5.16 Å². The molecule has 1 heterocycles. The Kier molecular flexibility index (Phi) is 5.71. The van der Waals surface area contributed by atoms with Crippen molar-refractivity contribution in [1.82, 2.24) is 15.2 Å². The summed E-state index contributed by atoms with van der Waals surface area (Å²) in [5.74, 6) is 1.87. The van der Waals surface area contributed by atoms with E-state index in [0.717, 1.165) is 17.9 Å². The van der Waals surface area contributed by atoms with Gasteiger partial charge in [-0.3, -0.25) is 5.10 Å². The van der Waals surface area contributed by atoms with Gasteiger partial charge >= 0.3 is 0 Å². The number of nitrogens with one attached hydrogen (secondary N) is 1. The van der Waals surface area contributed by atoms with Crippen molar-refractivity contribution in [2.45, 2.75) is 25.4 Å². The van der Waals surface area contributed by atoms with Gasteiger partial charge in [-0.2, -0.15) is 0 Å². The van der Waals surface area contributed by atoms with E-state index in [0.29, 0.717) is 23.2 Å². The van der Waals surface area contributed by atoms with E-state index in [1.54, 1.807) is 18.2 Å². The predicted molar refractivity (Wildman–Crippen MR) is 98.5 cm³/mol. The van der Waals surface area contributed by atoms with E-state index in [1.165, 1.54) is 29.0 Å². The fraction of sp³-hybridized carbons (Fsp3) is 0.263. The molecule has 0 atom stereocenters. The lowest BCUT2D eigenvalue weighted by Gasteiger charge is -2.07. The average Bonchev–Trinajstić information content (AvgIpc) is 3.07. The van der Waals surface area contributed by atoms with Crippen LogP contribution in [0.2, 0.25) is 0 Å². The van der Waals surface area contributed by atoms with Crippen LogP contribution in [0, 0.1) is 19.7 Å². The van der Waals surface area contributed by atoms with Gasteiger partial charge < -0.3 is 4.74 Å². The molecular weight excluding hydrogens is 337 g/mol. The number of halogens is 1. The topological polar surface area (TPSA) is 50.8 Å². The van der Waals surface area contributed by atoms with Crippen molar-refractivity contribution >= 4 is 11.8 Å². The lowest BCUT2D eigenvalue weighted by atomic mass is 10.1. The number of ether oxygens (including phenoxy) is 1. The highest BCUT2D eigenvalue weighted by atomic mass is 32.2. The third-order valence-corrected chi connectivity index (χ3v) is 4.79. The van der Waals surface area contributed by atoms with Crippen LogP contribution in [0.4, 0.5) is 4.39 Å². The molecule has 0 fully saturated rings. The summed E-state index contributed by atoms with van der Waals surface area (Å²) in [6.07, 6.45) is 0.876. The number of aromatic nitrogens is 3. The number of aromatic amines is 1. The third-order valence-electron chi connectivity index (χ3n) is 3.86. The zero-order chi connectivity index (χ0) is 17.6. The third kappa shape index (κ3) is 4.60. The van der Waals surface area contributed by atoms with Crippen molar-refractivity contribution in [2.24, 2.45) is 0 Å². The highest BCUT2D eigenvalue weighted by Crippen LogP contribution is 2.22. The molecule has 0 unspecified atom stereocenters. The average molecular weight is 357 g/mol. The van der Waals surface area contributed by atoms with Gasteiger partial charge in [0.05, 0.1) is 12.2 Å². The monoisotopic (exact) mass is 357 g/mol. The Balaban J connectivity index is 1.45. The molecule has 130 valence electrons. The molecule has 1 N–H and O–H groups in total. The Bertz CT molecular complexity index is 850. The summed E-state index contributed by atoms with van der Waals surface area (Å²) in [5, 5.41) is 7.53. The van der Waals surface area contributed by atoms with Gasteiger partial charge in [-0.05, 0) is 55.7 Å². The zero-order valence-electron chi connectivity index (χ0n) is 14.3. The number of thioether (sulfide) groups is 1. The Morgan fingerprint density at radius 2 is 1.96 bits per heavy atom. The van der Waals surface area contributed by atoms with Crippen molar-refractivity contribution in [3.63, 3.8) is 0 Å². The molecule has 0 saturated heterocycles. The number of aryl methyl sites for hydroxylation is 2. The lowest BCUT2D eigenvalue weighted by Crippen LogP contribution is -1.99. The number of benzene rings is 2. The van der Waals surface area contributed by atoms with Crippen molar-refractivity contribution in [1.29, 1.82) is 0 Å². The molecule has 1 aromatic heterocycles. The fourth-order valence-corrected chi connectivity index (χ4v) is 3.01. The molecule has 0 saturated carbocycles. The first-order valence-corrected chi connectivity index (χ1v) is 9.12. The van der Waals surface area contributed by atoms with Crippen LogP contribution in [0.1, 0.15) is 17.5 Å². The maximum absolute atomic E-state index is 13.7. The Labute approximate surface area is 150 Å². The largest absolute Gasteiger partial charge is 0.494 e. The van der Waals surface area contributed by atoms with E-state index >= 15 is 0 Å². The van der Waals surface area contributed by atoms with Crippen LogP contribution in [0.15, 0.2) is 47.6 Å². The molecule has 0 radical (unpaired) electrons. The van der Waals surface area contributed by atoms with Gasteiger partial charge in [0.15, 0.2) is 5.82 Å². The number of rotatable bonds is 7. The molecule has 0 amide bonds.